The van der Waals surface area contributed by atoms with Crippen LogP contribution in [0.2, 0.25) is 10.0 Å². The Labute approximate surface area is 381 Å². The number of para-hydroxylation sites is 1. The van der Waals surface area contributed by atoms with Crippen molar-refractivity contribution in [3.8, 4) is 28.3 Å². The lowest BCUT2D eigenvalue weighted by molar-refractivity contribution is -0.385. The molecule has 63 heavy (non-hydrogen) atoms. The fraction of sp³-hybridized carbons (Fsp3) is 0.250. The van der Waals surface area contributed by atoms with E-state index in [1.807, 2.05) is 71.1 Å². The Morgan fingerprint density at radius 1 is 0.619 bits per heavy atom. The minimum absolute atomic E-state index is 0.0954. The first-order chi connectivity index (χ1) is 30.1. The van der Waals surface area contributed by atoms with Gasteiger partial charge in [0.2, 0.25) is 20.0 Å². The number of rotatable bonds is 11. The largest absolute Gasteiger partial charge is 0.496 e. The lowest BCUT2D eigenvalue weighted by Gasteiger charge is -2.33. The molecule has 0 atom stereocenters. The number of anilines is 2. The molecule has 2 fully saturated rings. The van der Waals surface area contributed by atoms with Crippen LogP contribution in [0.15, 0.2) is 105 Å². The summed E-state index contributed by atoms with van der Waals surface area (Å²) in [4.78, 5) is 34.1. The zero-order chi connectivity index (χ0) is 45.1. The van der Waals surface area contributed by atoms with E-state index >= 15 is 0 Å². The number of benzene rings is 4. The van der Waals surface area contributed by atoms with E-state index in [0.717, 1.165) is 56.2 Å². The first-order valence-electron chi connectivity index (χ1n) is 19.1. The average Bonchev–Trinajstić information content (AvgIpc) is 3.98. The molecule has 330 valence electrons. The third-order valence-electron chi connectivity index (χ3n) is 10.3. The summed E-state index contributed by atoms with van der Waals surface area (Å²) in [6.45, 7) is 4.91. The molecule has 2 aromatic heterocycles. The Hall–Kier alpha value is -5.26. The molecule has 0 bridgehead atoms. The van der Waals surface area contributed by atoms with Gasteiger partial charge >= 0.3 is 0 Å². The number of aryl methyl sites for hydroxylation is 1. The Morgan fingerprint density at radius 3 is 1.46 bits per heavy atom. The molecular weight excluding hydrogens is 936 g/mol. The van der Waals surface area contributed by atoms with Crippen LogP contribution < -0.4 is 14.5 Å². The number of sulfonamides is 2. The van der Waals surface area contributed by atoms with Gasteiger partial charge in [0.1, 0.15) is 15.8 Å². The normalized spacial score (nSPS) is 15.1. The molecule has 8 rings (SSSR count). The van der Waals surface area contributed by atoms with E-state index in [9.17, 15) is 37.1 Å². The number of nitrogens with zero attached hydrogens (tertiary/aromatic N) is 8. The smallest absolute Gasteiger partial charge is 0.289 e. The molecule has 4 heterocycles. The monoisotopic (exact) mass is 972 g/mol. The third-order valence-corrected chi connectivity index (χ3v) is 16.5. The summed E-state index contributed by atoms with van der Waals surface area (Å²) in [7, 11) is -6.12. The number of ether oxygens (including phenoxy) is 1. The summed E-state index contributed by atoms with van der Waals surface area (Å²) in [5, 5.41) is 27.6. The molecule has 0 aliphatic carbocycles. The van der Waals surface area contributed by atoms with Crippen molar-refractivity contribution in [2.45, 2.75) is 16.7 Å². The highest BCUT2D eigenvalue weighted by Gasteiger charge is 2.33. The number of methoxy groups -OCH3 is 1. The van der Waals surface area contributed by atoms with E-state index < -0.39 is 41.3 Å². The molecule has 0 unspecified atom stereocenters. The maximum atomic E-state index is 13.0. The SMILES string of the molecule is COc1ccccc1-c1csc(N2CCN(S(=O)(=O)c3ccc(Cl)c([N+](=O)[O-])c3)CC2)n1.Cc1ccccc1-c1csc(N2CCN(S(=O)(=O)c3ccc(Cl)c([N+](=O)[O-])c3)CC2)n1. The first kappa shape index (κ1) is 45.8. The quantitative estimate of drug-likeness (QED) is 0.0891. The number of hydrogen-bond donors (Lipinski definition) is 0. The highest BCUT2D eigenvalue weighted by atomic mass is 35.5. The summed E-state index contributed by atoms with van der Waals surface area (Å²) >= 11 is 14.6. The van der Waals surface area contributed by atoms with Crippen molar-refractivity contribution < 1.29 is 31.4 Å². The van der Waals surface area contributed by atoms with Crippen molar-refractivity contribution >= 4 is 87.6 Å². The number of halogens is 2. The summed E-state index contributed by atoms with van der Waals surface area (Å²) in [5.74, 6) is 0.734. The summed E-state index contributed by atoms with van der Waals surface area (Å²) in [6, 6.07) is 22.7. The minimum Gasteiger partial charge on any atom is -0.496 e. The molecule has 0 amide bonds. The average molecular weight is 974 g/mol. The molecule has 2 aliphatic rings. The third kappa shape index (κ3) is 9.95. The summed E-state index contributed by atoms with van der Waals surface area (Å²) < 4.78 is 60.0. The summed E-state index contributed by atoms with van der Waals surface area (Å²) in [5.41, 5.74) is 3.96. The zero-order valence-electron chi connectivity index (χ0n) is 33.5. The second kappa shape index (κ2) is 19.2. The van der Waals surface area contributed by atoms with Gasteiger partial charge in [0.05, 0.1) is 38.1 Å². The Balaban J connectivity index is 0.000000189. The minimum atomic E-state index is -3.88. The predicted octanol–water partition coefficient (Wildman–Crippen LogP) is 8.08. The van der Waals surface area contributed by atoms with E-state index in [1.54, 1.807) is 7.11 Å². The van der Waals surface area contributed by atoms with Crippen molar-refractivity contribution in [1.82, 2.24) is 18.6 Å². The van der Waals surface area contributed by atoms with Crippen molar-refractivity contribution in [2.75, 3.05) is 69.3 Å². The van der Waals surface area contributed by atoms with Crippen molar-refractivity contribution in [2.24, 2.45) is 0 Å². The maximum absolute atomic E-state index is 13.0. The highest BCUT2D eigenvalue weighted by Crippen LogP contribution is 2.35. The van der Waals surface area contributed by atoms with Crippen LogP contribution in [0.25, 0.3) is 22.5 Å². The van der Waals surface area contributed by atoms with Crippen LogP contribution in [0.1, 0.15) is 5.56 Å². The Morgan fingerprint density at radius 2 is 1.03 bits per heavy atom. The van der Waals surface area contributed by atoms with Crippen molar-refractivity contribution in [3.05, 3.63) is 132 Å². The van der Waals surface area contributed by atoms with Crippen LogP contribution in [-0.4, -0.2) is 105 Å². The van der Waals surface area contributed by atoms with Gasteiger partial charge < -0.3 is 14.5 Å². The van der Waals surface area contributed by atoms with E-state index in [0.29, 0.717) is 26.2 Å². The fourth-order valence-electron chi connectivity index (χ4n) is 6.91. The molecule has 4 aromatic carbocycles. The first-order valence-corrected chi connectivity index (χ1v) is 24.5. The molecule has 0 spiro atoms. The number of nitro benzene ring substituents is 2. The van der Waals surface area contributed by atoms with E-state index in [-0.39, 0.29) is 46.0 Å². The second-order valence-corrected chi connectivity index (χ2v) is 20.4. The van der Waals surface area contributed by atoms with Gasteiger partial charge in [0, 0.05) is 86.4 Å². The molecule has 0 radical (unpaired) electrons. The molecule has 0 saturated carbocycles. The maximum Gasteiger partial charge on any atom is 0.289 e. The molecule has 23 heteroatoms. The Bertz CT molecular complexity index is 2880. The fourth-order valence-corrected chi connectivity index (χ4v) is 11.9. The van der Waals surface area contributed by atoms with Crippen molar-refractivity contribution in [3.63, 3.8) is 0 Å². The molecule has 2 aliphatic heterocycles. The molecule has 2 saturated heterocycles. The lowest BCUT2D eigenvalue weighted by atomic mass is 10.1. The van der Waals surface area contributed by atoms with Crippen LogP contribution in [0.4, 0.5) is 21.6 Å². The number of piperazine rings is 2. The highest BCUT2D eigenvalue weighted by molar-refractivity contribution is 7.89. The van der Waals surface area contributed by atoms with Gasteiger partial charge in [0.15, 0.2) is 10.3 Å². The van der Waals surface area contributed by atoms with Gasteiger partial charge in [-0.05, 0) is 48.9 Å². The van der Waals surface area contributed by atoms with Gasteiger partial charge in [-0.2, -0.15) is 8.61 Å². The van der Waals surface area contributed by atoms with Gasteiger partial charge in [-0.25, -0.2) is 26.8 Å². The Kier molecular flexibility index (Phi) is 14.0. The number of thiazole rings is 2. The van der Waals surface area contributed by atoms with E-state index in [1.165, 1.54) is 55.5 Å². The molecule has 17 nitrogen and oxygen atoms in total. The number of hydrogen-bond acceptors (Lipinski definition) is 15. The van der Waals surface area contributed by atoms with Gasteiger partial charge in [-0.15, -0.1) is 22.7 Å². The second-order valence-electron chi connectivity index (χ2n) is 14.1. The number of nitro groups is 2. The number of aromatic nitrogens is 2. The molecule has 6 aromatic rings. The van der Waals surface area contributed by atoms with Crippen molar-refractivity contribution in [1.29, 1.82) is 0 Å². The van der Waals surface area contributed by atoms with E-state index in [4.69, 9.17) is 37.9 Å². The molecular formula is C40H38Cl2N8O9S4. The topological polar surface area (TPSA) is 203 Å². The van der Waals surface area contributed by atoms with Crippen LogP contribution in [-0.2, 0) is 20.0 Å². The molecule has 0 N–H and O–H groups in total. The van der Waals surface area contributed by atoms with Gasteiger partial charge in [-0.1, -0.05) is 59.6 Å². The van der Waals surface area contributed by atoms with Crippen LogP contribution >= 0.6 is 45.9 Å². The van der Waals surface area contributed by atoms with Crippen LogP contribution in [0.3, 0.4) is 0 Å². The lowest BCUT2D eigenvalue weighted by Crippen LogP contribution is -2.48. The van der Waals surface area contributed by atoms with E-state index in [2.05, 4.69) is 4.90 Å². The zero-order valence-corrected chi connectivity index (χ0v) is 38.3. The van der Waals surface area contributed by atoms with Gasteiger partial charge in [0.25, 0.3) is 11.4 Å². The van der Waals surface area contributed by atoms with Crippen LogP contribution in [0, 0.1) is 27.2 Å². The van der Waals surface area contributed by atoms with Crippen LogP contribution in [0.5, 0.6) is 5.75 Å². The predicted molar refractivity (Wildman–Crippen MR) is 245 cm³/mol. The van der Waals surface area contributed by atoms with Gasteiger partial charge in [-0.3, -0.25) is 20.2 Å². The standard InChI is InChI=1S/C20H19ClN4O5S2.C20H19ClN4O4S2/c1-30-19-5-3-2-4-15(19)17-13-31-20(22-17)23-8-10-24(11-9-23)32(28,29)14-6-7-16(21)18(12-14)25(26)27;1-14-4-2-3-5-16(14)18-13-30-20(22-18)23-8-10-24(11-9-23)31(28,29)15-6-7-17(21)19(12-15)25(26)27/h2-7,12-13H,8-11H2,1H3;2-7,12-13H,8-11H2,1H3. The summed E-state index contributed by atoms with van der Waals surface area (Å²) in [6.07, 6.45) is 0.